The van der Waals surface area contributed by atoms with E-state index in [2.05, 4.69) is 0 Å². The number of carbonyl (C=O) groups is 1. The van der Waals surface area contributed by atoms with Gasteiger partial charge in [-0.2, -0.15) is 0 Å². The summed E-state index contributed by atoms with van der Waals surface area (Å²) in [6, 6.07) is 0. The lowest BCUT2D eigenvalue weighted by Gasteiger charge is -2.10. The van der Waals surface area contributed by atoms with E-state index in [0.717, 1.165) is 0 Å². The van der Waals surface area contributed by atoms with Crippen LogP contribution in [0.15, 0.2) is 0 Å². The van der Waals surface area contributed by atoms with Gasteiger partial charge >= 0.3 is 0 Å². The first-order valence-electron chi connectivity index (χ1n) is 4.92. The van der Waals surface area contributed by atoms with E-state index in [1.807, 2.05) is 0 Å². The van der Waals surface area contributed by atoms with Crippen molar-refractivity contribution in [2.45, 2.75) is 26.2 Å². The molecule has 0 aliphatic carbocycles. The quantitative estimate of drug-likeness (QED) is 0.464. The summed E-state index contributed by atoms with van der Waals surface area (Å²) in [5.74, 6) is -6.03. The highest BCUT2D eigenvalue weighted by Crippen LogP contribution is 2.25. The van der Waals surface area contributed by atoms with Crippen molar-refractivity contribution in [3.8, 4) is 0 Å². The fourth-order valence-corrected chi connectivity index (χ4v) is 1.62. The van der Waals surface area contributed by atoms with E-state index in [0.29, 0.717) is 6.42 Å². The van der Waals surface area contributed by atoms with Crippen LogP contribution < -0.4 is 0 Å². The molecule has 0 radical (unpaired) electrons. The molecule has 0 saturated carbocycles. The van der Waals surface area contributed by atoms with Gasteiger partial charge in [0, 0.05) is 11.1 Å². The zero-order valence-electron chi connectivity index (χ0n) is 8.92. The van der Waals surface area contributed by atoms with Gasteiger partial charge in [0.2, 0.25) is 5.24 Å². The summed E-state index contributed by atoms with van der Waals surface area (Å²) in [5, 5.41) is -1.09. The van der Waals surface area contributed by atoms with Crippen molar-refractivity contribution >= 4 is 16.8 Å². The fraction of sp³-hybridized carbons (Fsp3) is 0.364. The molecule has 1 aromatic rings. The summed E-state index contributed by atoms with van der Waals surface area (Å²) in [7, 11) is 0. The number of benzene rings is 1. The Balaban J connectivity index is 3.41. The SMILES string of the molecule is CCCc1c(F)c(F)c(CC(=O)Cl)c(F)c1F. The number of rotatable bonds is 4. The van der Waals surface area contributed by atoms with Gasteiger partial charge in [0.15, 0.2) is 23.3 Å². The molecule has 1 rings (SSSR count). The maximum absolute atomic E-state index is 13.4. The second-order valence-corrected chi connectivity index (χ2v) is 3.92. The molecule has 0 aliphatic heterocycles. The summed E-state index contributed by atoms with van der Waals surface area (Å²) >= 11 is 4.94. The third-order valence-corrected chi connectivity index (χ3v) is 2.39. The molecule has 6 heteroatoms. The van der Waals surface area contributed by atoms with Crippen LogP contribution in [0.4, 0.5) is 17.6 Å². The van der Waals surface area contributed by atoms with E-state index < -0.39 is 46.1 Å². The normalized spacial score (nSPS) is 10.7. The highest BCUT2D eigenvalue weighted by Gasteiger charge is 2.25. The lowest BCUT2D eigenvalue weighted by atomic mass is 10.0. The van der Waals surface area contributed by atoms with E-state index in [1.54, 1.807) is 6.92 Å². The lowest BCUT2D eigenvalue weighted by molar-refractivity contribution is -0.111. The van der Waals surface area contributed by atoms with Crippen LogP contribution in [-0.4, -0.2) is 5.24 Å². The molecular formula is C11H9ClF4O. The molecule has 0 N–H and O–H groups in total. The third-order valence-electron chi connectivity index (χ3n) is 2.26. The van der Waals surface area contributed by atoms with Crippen LogP contribution in [0.1, 0.15) is 24.5 Å². The second kappa shape index (κ2) is 5.49. The Labute approximate surface area is 100 Å². The molecule has 0 aliphatic rings. The van der Waals surface area contributed by atoms with E-state index in [-0.39, 0.29) is 6.42 Å². The average Bonchev–Trinajstić information content (AvgIpc) is 2.27. The van der Waals surface area contributed by atoms with Crippen LogP contribution in [0.2, 0.25) is 0 Å². The van der Waals surface area contributed by atoms with Crippen LogP contribution in [-0.2, 0) is 17.6 Å². The van der Waals surface area contributed by atoms with Crippen LogP contribution in [0, 0.1) is 23.3 Å². The zero-order valence-corrected chi connectivity index (χ0v) is 9.68. The largest absolute Gasteiger partial charge is 0.281 e. The molecule has 0 spiro atoms. The molecule has 0 heterocycles. The molecule has 1 nitrogen and oxygen atoms in total. The number of hydrogen-bond acceptors (Lipinski definition) is 1. The first kappa shape index (κ1) is 14.0. The minimum Gasteiger partial charge on any atom is -0.281 e. The standard InChI is InChI=1S/C11H9ClF4O/c1-2-3-5-8(13)10(15)6(4-7(12)17)11(16)9(5)14/h2-4H2,1H3. The zero-order chi connectivity index (χ0) is 13.2. The Kier molecular flexibility index (Phi) is 4.51. The van der Waals surface area contributed by atoms with E-state index in [4.69, 9.17) is 11.6 Å². The van der Waals surface area contributed by atoms with Gasteiger partial charge in [-0.1, -0.05) is 13.3 Å². The molecular weight excluding hydrogens is 260 g/mol. The van der Waals surface area contributed by atoms with Gasteiger partial charge in [0.05, 0.1) is 6.42 Å². The molecule has 0 atom stereocenters. The van der Waals surface area contributed by atoms with Crippen molar-refractivity contribution in [3.63, 3.8) is 0 Å². The van der Waals surface area contributed by atoms with Crippen LogP contribution in [0.3, 0.4) is 0 Å². The fourth-order valence-electron chi connectivity index (χ4n) is 1.49. The third kappa shape index (κ3) is 2.77. The maximum Gasteiger partial charge on any atom is 0.226 e. The van der Waals surface area contributed by atoms with Gasteiger partial charge in [-0.25, -0.2) is 17.6 Å². The van der Waals surface area contributed by atoms with Gasteiger partial charge in [-0.3, -0.25) is 4.79 Å². The van der Waals surface area contributed by atoms with Gasteiger partial charge in [0.1, 0.15) is 0 Å². The van der Waals surface area contributed by atoms with Crippen LogP contribution >= 0.6 is 11.6 Å². The van der Waals surface area contributed by atoms with Crippen LogP contribution in [0.5, 0.6) is 0 Å². The molecule has 0 amide bonds. The van der Waals surface area contributed by atoms with E-state index in [1.165, 1.54) is 0 Å². The Morgan fingerprint density at radius 2 is 1.41 bits per heavy atom. The van der Waals surface area contributed by atoms with Gasteiger partial charge in [-0.05, 0) is 18.0 Å². The smallest absolute Gasteiger partial charge is 0.226 e. The van der Waals surface area contributed by atoms with E-state index in [9.17, 15) is 22.4 Å². The second-order valence-electron chi connectivity index (χ2n) is 3.49. The number of halogens is 5. The summed E-state index contributed by atoms with van der Waals surface area (Å²) in [4.78, 5) is 10.5. The first-order valence-corrected chi connectivity index (χ1v) is 5.29. The highest BCUT2D eigenvalue weighted by atomic mass is 35.5. The molecule has 94 valence electrons. The Hall–Kier alpha value is -1.10. The van der Waals surface area contributed by atoms with Crippen molar-refractivity contribution < 1.29 is 22.4 Å². The summed E-state index contributed by atoms with van der Waals surface area (Å²) in [5.41, 5.74) is -1.62. The highest BCUT2D eigenvalue weighted by molar-refractivity contribution is 6.63. The van der Waals surface area contributed by atoms with Gasteiger partial charge in [-0.15, -0.1) is 0 Å². The van der Waals surface area contributed by atoms with Crippen LogP contribution in [0.25, 0.3) is 0 Å². The molecule has 17 heavy (non-hydrogen) atoms. The maximum atomic E-state index is 13.4. The summed E-state index contributed by atoms with van der Waals surface area (Å²) < 4.78 is 53.6. The molecule has 0 saturated heterocycles. The van der Waals surface area contributed by atoms with Crippen molar-refractivity contribution in [2.24, 2.45) is 0 Å². The monoisotopic (exact) mass is 268 g/mol. The molecule has 1 aromatic carbocycles. The number of carbonyl (C=O) groups excluding carboxylic acids is 1. The Morgan fingerprint density at radius 3 is 1.76 bits per heavy atom. The van der Waals surface area contributed by atoms with Crippen molar-refractivity contribution in [1.29, 1.82) is 0 Å². The van der Waals surface area contributed by atoms with Crippen molar-refractivity contribution in [3.05, 3.63) is 34.4 Å². The molecule has 0 aromatic heterocycles. The van der Waals surface area contributed by atoms with Gasteiger partial charge < -0.3 is 0 Å². The lowest BCUT2D eigenvalue weighted by Crippen LogP contribution is -2.10. The minimum atomic E-state index is -1.55. The average molecular weight is 269 g/mol. The summed E-state index contributed by atoms with van der Waals surface area (Å²) in [6.07, 6.45) is -0.680. The molecule has 0 fully saturated rings. The van der Waals surface area contributed by atoms with Crippen molar-refractivity contribution in [2.75, 3.05) is 0 Å². The van der Waals surface area contributed by atoms with Crippen molar-refractivity contribution in [1.82, 2.24) is 0 Å². The minimum absolute atomic E-state index is 0.124. The topological polar surface area (TPSA) is 17.1 Å². The number of hydrogen-bond donors (Lipinski definition) is 0. The first-order chi connectivity index (χ1) is 7.90. The predicted molar refractivity (Wildman–Crippen MR) is 54.8 cm³/mol. The van der Waals surface area contributed by atoms with E-state index >= 15 is 0 Å². The molecule has 0 unspecified atom stereocenters. The molecule has 0 bridgehead atoms. The summed E-state index contributed by atoms with van der Waals surface area (Å²) in [6.45, 7) is 1.62. The van der Waals surface area contributed by atoms with Gasteiger partial charge in [0.25, 0.3) is 0 Å². The Bertz CT molecular complexity index is 430. The predicted octanol–water partition coefficient (Wildman–Crippen LogP) is 3.50. The Morgan fingerprint density at radius 1 is 1.00 bits per heavy atom.